The van der Waals surface area contributed by atoms with Crippen LogP contribution in [-0.2, 0) is 11.3 Å². The van der Waals surface area contributed by atoms with Crippen LogP contribution < -0.4 is 19.5 Å². The van der Waals surface area contributed by atoms with E-state index in [9.17, 15) is 4.79 Å². The van der Waals surface area contributed by atoms with Gasteiger partial charge in [0.05, 0.1) is 24.8 Å². The first-order chi connectivity index (χ1) is 13.4. The number of benzene rings is 1. The van der Waals surface area contributed by atoms with Crippen LogP contribution in [0.2, 0.25) is 5.02 Å². The number of hydrogen-bond donors (Lipinski definition) is 1. The number of rotatable bonds is 9. The number of nitrogens with one attached hydrogen (secondary N) is 1. The summed E-state index contributed by atoms with van der Waals surface area (Å²) in [6.07, 6.45) is 4.85. The molecule has 0 aliphatic carbocycles. The number of ether oxygens (including phenoxy) is 3. The molecule has 0 radical (unpaired) electrons. The van der Waals surface area contributed by atoms with E-state index in [2.05, 4.69) is 10.3 Å². The molecule has 1 N–H and O–H groups in total. The second-order valence-corrected chi connectivity index (χ2v) is 6.60. The molecule has 0 aliphatic heterocycles. The predicted molar refractivity (Wildman–Crippen MR) is 110 cm³/mol. The molecule has 28 heavy (non-hydrogen) atoms. The molecule has 0 bridgehead atoms. The highest BCUT2D eigenvalue weighted by Crippen LogP contribution is 2.36. The molecule has 150 valence electrons. The van der Waals surface area contributed by atoms with Crippen molar-refractivity contribution in [2.45, 2.75) is 33.4 Å². The van der Waals surface area contributed by atoms with Crippen molar-refractivity contribution in [3.05, 3.63) is 52.7 Å². The maximum atomic E-state index is 12.1. The Morgan fingerprint density at radius 2 is 2.11 bits per heavy atom. The van der Waals surface area contributed by atoms with E-state index < -0.39 is 0 Å². The maximum Gasteiger partial charge on any atom is 0.244 e. The standard InChI is InChI=1S/C21H25ClN2O4/c1-5-27-21-17(22)10-15(11-18(21)26-4)6-8-19(25)23-12-16-7-9-20(24-13-16)28-14(2)3/h6-11,13-14H,5,12H2,1-4H3,(H,23,25)/b8-6+. The molecule has 7 heteroatoms. The summed E-state index contributed by atoms with van der Waals surface area (Å²) < 4.78 is 16.3. The van der Waals surface area contributed by atoms with Gasteiger partial charge in [-0.3, -0.25) is 4.79 Å². The van der Waals surface area contributed by atoms with Crippen molar-refractivity contribution in [2.75, 3.05) is 13.7 Å². The van der Waals surface area contributed by atoms with Crippen LogP contribution in [0.3, 0.4) is 0 Å². The molecule has 1 heterocycles. The van der Waals surface area contributed by atoms with Gasteiger partial charge in [-0.15, -0.1) is 0 Å². The number of aromatic nitrogens is 1. The third-order valence-electron chi connectivity index (χ3n) is 3.59. The molecule has 0 fully saturated rings. The van der Waals surface area contributed by atoms with Crippen LogP contribution in [-0.4, -0.2) is 30.7 Å². The lowest BCUT2D eigenvalue weighted by atomic mass is 10.2. The molecule has 2 aromatic rings. The first-order valence-electron chi connectivity index (χ1n) is 9.00. The van der Waals surface area contributed by atoms with Crippen LogP contribution in [0, 0.1) is 0 Å². The molecule has 2 rings (SSSR count). The van der Waals surface area contributed by atoms with Gasteiger partial charge in [0.1, 0.15) is 0 Å². The van der Waals surface area contributed by atoms with Gasteiger partial charge >= 0.3 is 0 Å². The smallest absolute Gasteiger partial charge is 0.244 e. The normalized spacial score (nSPS) is 10.9. The van der Waals surface area contributed by atoms with Gasteiger partial charge in [-0.05, 0) is 50.1 Å². The van der Waals surface area contributed by atoms with E-state index in [-0.39, 0.29) is 12.0 Å². The van der Waals surface area contributed by atoms with Crippen LogP contribution in [0.15, 0.2) is 36.5 Å². The maximum absolute atomic E-state index is 12.1. The molecule has 0 unspecified atom stereocenters. The van der Waals surface area contributed by atoms with Crippen molar-refractivity contribution in [3.63, 3.8) is 0 Å². The molecule has 1 amide bonds. The highest BCUT2D eigenvalue weighted by Gasteiger charge is 2.10. The molecule has 6 nitrogen and oxygen atoms in total. The van der Waals surface area contributed by atoms with Gasteiger partial charge in [-0.2, -0.15) is 0 Å². The minimum atomic E-state index is -0.230. The number of nitrogens with zero attached hydrogens (tertiary/aromatic N) is 1. The summed E-state index contributed by atoms with van der Waals surface area (Å²) in [5.41, 5.74) is 1.61. The fourth-order valence-electron chi connectivity index (χ4n) is 2.37. The number of carbonyl (C=O) groups excluding carboxylic acids is 1. The molecule has 1 aromatic heterocycles. The van der Waals surface area contributed by atoms with Crippen molar-refractivity contribution in [1.82, 2.24) is 10.3 Å². The molecular formula is C21H25ClN2O4. The molecule has 0 aliphatic rings. The van der Waals surface area contributed by atoms with Gasteiger partial charge in [-0.25, -0.2) is 4.98 Å². The minimum Gasteiger partial charge on any atom is -0.493 e. The summed E-state index contributed by atoms with van der Waals surface area (Å²) in [5, 5.41) is 3.24. The number of pyridine rings is 1. The lowest BCUT2D eigenvalue weighted by Gasteiger charge is -2.11. The lowest BCUT2D eigenvalue weighted by Crippen LogP contribution is -2.20. The Morgan fingerprint density at radius 3 is 2.71 bits per heavy atom. The molecule has 0 saturated carbocycles. The van der Waals surface area contributed by atoms with Crippen LogP contribution in [0.25, 0.3) is 6.08 Å². The van der Waals surface area contributed by atoms with Gasteiger partial charge in [-0.1, -0.05) is 17.7 Å². The van der Waals surface area contributed by atoms with Crippen LogP contribution >= 0.6 is 11.6 Å². The second kappa shape index (κ2) is 10.6. The van der Waals surface area contributed by atoms with Gasteiger partial charge < -0.3 is 19.5 Å². The Hall–Kier alpha value is -2.73. The minimum absolute atomic E-state index is 0.0675. The van der Waals surface area contributed by atoms with E-state index in [0.717, 1.165) is 11.1 Å². The summed E-state index contributed by atoms with van der Waals surface area (Å²) in [7, 11) is 1.54. The average molecular weight is 405 g/mol. The molecule has 0 spiro atoms. The van der Waals surface area contributed by atoms with Crippen molar-refractivity contribution < 1.29 is 19.0 Å². The van der Waals surface area contributed by atoms with Gasteiger partial charge in [0, 0.05) is 24.9 Å². The number of hydrogen-bond acceptors (Lipinski definition) is 5. The van der Waals surface area contributed by atoms with Crippen molar-refractivity contribution >= 4 is 23.6 Å². The topological polar surface area (TPSA) is 69.7 Å². The first-order valence-corrected chi connectivity index (χ1v) is 9.38. The molecular weight excluding hydrogens is 380 g/mol. The van der Waals surface area contributed by atoms with Gasteiger partial charge in [0.25, 0.3) is 0 Å². The zero-order chi connectivity index (χ0) is 20.5. The fraction of sp³-hybridized carbons (Fsp3) is 0.333. The third-order valence-corrected chi connectivity index (χ3v) is 3.87. The predicted octanol–water partition coefficient (Wildman–Crippen LogP) is 4.26. The van der Waals surface area contributed by atoms with Crippen molar-refractivity contribution in [2.24, 2.45) is 0 Å². The Morgan fingerprint density at radius 1 is 1.32 bits per heavy atom. The summed E-state index contributed by atoms with van der Waals surface area (Å²) in [6, 6.07) is 7.13. The first kappa shape index (κ1) is 21.6. The van der Waals surface area contributed by atoms with Gasteiger partial charge in [0.2, 0.25) is 11.8 Å². The highest BCUT2D eigenvalue weighted by atomic mass is 35.5. The van der Waals surface area contributed by atoms with Crippen molar-refractivity contribution in [1.29, 1.82) is 0 Å². The third kappa shape index (κ3) is 6.46. The quantitative estimate of drug-likeness (QED) is 0.632. The largest absolute Gasteiger partial charge is 0.493 e. The molecule has 0 atom stereocenters. The zero-order valence-corrected chi connectivity index (χ0v) is 17.2. The number of halogens is 1. The van der Waals surface area contributed by atoms with Crippen molar-refractivity contribution in [3.8, 4) is 17.4 Å². The summed E-state index contributed by atoms with van der Waals surface area (Å²) in [6.45, 7) is 6.59. The lowest BCUT2D eigenvalue weighted by molar-refractivity contribution is -0.116. The molecule has 0 saturated heterocycles. The van der Waals surface area contributed by atoms with E-state index in [1.165, 1.54) is 6.08 Å². The Bertz CT molecular complexity index is 820. The summed E-state index contributed by atoms with van der Waals surface area (Å²) in [4.78, 5) is 16.3. The van der Waals surface area contributed by atoms with E-state index in [1.54, 1.807) is 37.6 Å². The monoisotopic (exact) mass is 404 g/mol. The van der Waals surface area contributed by atoms with E-state index in [1.807, 2.05) is 26.8 Å². The average Bonchev–Trinajstić information content (AvgIpc) is 2.67. The Labute approximate surface area is 170 Å². The highest BCUT2D eigenvalue weighted by molar-refractivity contribution is 6.32. The number of methoxy groups -OCH3 is 1. The fourth-order valence-corrected chi connectivity index (χ4v) is 2.64. The van der Waals surface area contributed by atoms with Crippen LogP contribution in [0.5, 0.6) is 17.4 Å². The second-order valence-electron chi connectivity index (χ2n) is 6.19. The number of amides is 1. The van der Waals surface area contributed by atoms with Gasteiger partial charge in [0.15, 0.2) is 11.5 Å². The van der Waals surface area contributed by atoms with Crippen LogP contribution in [0.1, 0.15) is 31.9 Å². The van der Waals surface area contributed by atoms with E-state index >= 15 is 0 Å². The zero-order valence-electron chi connectivity index (χ0n) is 16.5. The Kier molecular flexibility index (Phi) is 8.14. The summed E-state index contributed by atoms with van der Waals surface area (Å²) in [5.74, 6) is 1.34. The number of carbonyl (C=O) groups is 1. The Balaban J connectivity index is 1.95. The molecule has 1 aromatic carbocycles. The van der Waals surface area contributed by atoms with E-state index in [4.69, 9.17) is 25.8 Å². The summed E-state index contributed by atoms with van der Waals surface area (Å²) >= 11 is 6.24. The SMILES string of the molecule is CCOc1c(Cl)cc(/C=C/C(=O)NCc2ccc(OC(C)C)nc2)cc1OC. The van der Waals surface area contributed by atoms with Crippen LogP contribution in [0.4, 0.5) is 0 Å². The van der Waals surface area contributed by atoms with E-state index in [0.29, 0.717) is 35.6 Å².